The normalized spacial score (nSPS) is 13.6. The number of rotatable bonds is 5. The van der Waals surface area contributed by atoms with Gasteiger partial charge in [-0.1, -0.05) is 30.3 Å². The Bertz CT molecular complexity index is 767. The molecule has 0 radical (unpaired) electrons. The first kappa shape index (κ1) is 17.0. The quantitative estimate of drug-likeness (QED) is 0.910. The maximum atomic E-state index is 12.6. The van der Waals surface area contributed by atoms with Gasteiger partial charge in [0, 0.05) is 13.1 Å². The molecule has 130 valence electrons. The van der Waals surface area contributed by atoms with E-state index in [0.717, 1.165) is 31.5 Å². The second kappa shape index (κ2) is 7.83. The van der Waals surface area contributed by atoms with E-state index in [1.807, 2.05) is 42.2 Å². The molecule has 1 aliphatic rings. The number of anilines is 1. The topological polar surface area (TPSA) is 58.6 Å². The van der Waals surface area contributed by atoms with Crippen LogP contribution in [0.25, 0.3) is 0 Å². The summed E-state index contributed by atoms with van der Waals surface area (Å²) in [7, 11) is 0. The molecule has 0 atom stereocenters. The third-order valence-electron chi connectivity index (χ3n) is 4.28. The number of hydrogen-bond acceptors (Lipinski definition) is 3. The van der Waals surface area contributed by atoms with E-state index in [1.165, 1.54) is 0 Å². The molecule has 2 amide bonds. The van der Waals surface area contributed by atoms with Crippen molar-refractivity contribution >= 4 is 17.5 Å². The Morgan fingerprint density at radius 1 is 1.04 bits per heavy atom. The van der Waals surface area contributed by atoms with Crippen molar-refractivity contribution < 1.29 is 14.3 Å². The fourth-order valence-electron chi connectivity index (χ4n) is 2.92. The molecule has 0 bridgehead atoms. The standard InChI is InChI=1S/C20H22N2O3/c1-15-8-2-5-11-18(15)25-14-19(23)21-17-10-4-3-9-16(17)20(24)22-12-6-7-13-22/h2-5,8-11H,6-7,12-14H2,1H3,(H,21,23). The van der Waals surface area contributed by atoms with E-state index in [4.69, 9.17) is 4.74 Å². The van der Waals surface area contributed by atoms with Crippen LogP contribution in [0.15, 0.2) is 48.5 Å². The lowest BCUT2D eigenvalue weighted by atomic mass is 10.1. The highest BCUT2D eigenvalue weighted by atomic mass is 16.5. The highest BCUT2D eigenvalue weighted by Crippen LogP contribution is 2.20. The van der Waals surface area contributed by atoms with Crippen LogP contribution in [-0.4, -0.2) is 36.4 Å². The van der Waals surface area contributed by atoms with Crippen molar-refractivity contribution in [3.63, 3.8) is 0 Å². The van der Waals surface area contributed by atoms with Gasteiger partial charge in [-0.05, 0) is 43.5 Å². The maximum Gasteiger partial charge on any atom is 0.262 e. The lowest BCUT2D eigenvalue weighted by Gasteiger charge is -2.18. The average Bonchev–Trinajstić information content (AvgIpc) is 3.15. The molecule has 0 aliphatic carbocycles. The fraction of sp³-hybridized carbons (Fsp3) is 0.300. The number of hydrogen-bond donors (Lipinski definition) is 1. The monoisotopic (exact) mass is 338 g/mol. The van der Waals surface area contributed by atoms with E-state index in [1.54, 1.807) is 18.2 Å². The van der Waals surface area contributed by atoms with Gasteiger partial charge in [-0.25, -0.2) is 0 Å². The number of carbonyl (C=O) groups is 2. The molecule has 0 aromatic heterocycles. The number of ether oxygens (including phenoxy) is 1. The van der Waals surface area contributed by atoms with Crippen LogP contribution in [0.3, 0.4) is 0 Å². The van der Waals surface area contributed by atoms with Gasteiger partial charge >= 0.3 is 0 Å². The van der Waals surface area contributed by atoms with Crippen LogP contribution in [0.5, 0.6) is 5.75 Å². The van der Waals surface area contributed by atoms with Crippen LogP contribution in [-0.2, 0) is 4.79 Å². The van der Waals surface area contributed by atoms with Crippen molar-refractivity contribution in [2.75, 3.05) is 25.0 Å². The Balaban J connectivity index is 1.65. The minimum atomic E-state index is -0.287. The summed E-state index contributed by atoms with van der Waals surface area (Å²) < 4.78 is 5.56. The Kier molecular flexibility index (Phi) is 5.33. The third-order valence-corrected chi connectivity index (χ3v) is 4.28. The second-order valence-corrected chi connectivity index (χ2v) is 6.15. The molecule has 2 aromatic rings. The SMILES string of the molecule is Cc1ccccc1OCC(=O)Nc1ccccc1C(=O)N1CCCC1. The summed E-state index contributed by atoms with van der Waals surface area (Å²) in [5.41, 5.74) is 2.02. The first-order valence-corrected chi connectivity index (χ1v) is 8.52. The Morgan fingerprint density at radius 2 is 1.72 bits per heavy atom. The van der Waals surface area contributed by atoms with Gasteiger partial charge < -0.3 is 15.0 Å². The van der Waals surface area contributed by atoms with Crippen molar-refractivity contribution in [3.8, 4) is 5.75 Å². The van der Waals surface area contributed by atoms with Crippen molar-refractivity contribution in [2.24, 2.45) is 0 Å². The third kappa shape index (κ3) is 4.18. The summed E-state index contributed by atoms with van der Waals surface area (Å²) in [4.78, 5) is 26.7. The predicted octanol–water partition coefficient (Wildman–Crippen LogP) is 3.25. The molecule has 1 fully saturated rings. The van der Waals surface area contributed by atoms with Crippen molar-refractivity contribution in [2.45, 2.75) is 19.8 Å². The summed E-state index contributed by atoms with van der Waals surface area (Å²) in [5, 5.41) is 2.79. The Labute approximate surface area is 147 Å². The van der Waals surface area contributed by atoms with Gasteiger partial charge in [-0.2, -0.15) is 0 Å². The lowest BCUT2D eigenvalue weighted by Crippen LogP contribution is -2.29. The molecule has 0 spiro atoms. The minimum absolute atomic E-state index is 0.0341. The first-order chi connectivity index (χ1) is 12.1. The lowest BCUT2D eigenvalue weighted by molar-refractivity contribution is -0.118. The van der Waals surface area contributed by atoms with E-state index in [2.05, 4.69) is 5.32 Å². The van der Waals surface area contributed by atoms with Gasteiger partial charge in [0.1, 0.15) is 5.75 Å². The minimum Gasteiger partial charge on any atom is -0.483 e. The zero-order chi connectivity index (χ0) is 17.6. The zero-order valence-corrected chi connectivity index (χ0v) is 14.3. The number of benzene rings is 2. The molecule has 2 aromatic carbocycles. The van der Waals surface area contributed by atoms with Gasteiger partial charge in [0.25, 0.3) is 11.8 Å². The number of nitrogens with zero attached hydrogens (tertiary/aromatic N) is 1. The van der Waals surface area contributed by atoms with Gasteiger partial charge in [-0.15, -0.1) is 0 Å². The van der Waals surface area contributed by atoms with E-state index in [0.29, 0.717) is 17.0 Å². The van der Waals surface area contributed by atoms with Crippen LogP contribution in [0.2, 0.25) is 0 Å². The number of para-hydroxylation sites is 2. The predicted molar refractivity (Wildman–Crippen MR) is 96.9 cm³/mol. The van der Waals surface area contributed by atoms with Crippen LogP contribution >= 0.6 is 0 Å². The average molecular weight is 338 g/mol. The summed E-state index contributed by atoms with van der Waals surface area (Å²) in [6, 6.07) is 14.6. The number of amides is 2. The summed E-state index contributed by atoms with van der Waals surface area (Å²) in [5.74, 6) is 0.359. The van der Waals surface area contributed by atoms with Crippen LogP contribution in [0, 0.1) is 6.92 Å². The highest BCUT2D eigenvalue weighted by molar-refractivity contribution is 6.04. The molecule has 1 aliphatic heterocycles. The van der Waals surface area contributed by atoms with Crippen molar-refractivity contribution in [3.05, 3.63) is 59.7 Å². The van der Waals surface area contributed by atoms with Gasteiger partial charge in [0.15, 0.2) is 6.61 Å². The number of nitrogens with one attached hydrogen (secondary N) is 1. The number of carbonyl (C=O) groups excluding carboxylic acids is 2. The highest BCUT2D eigenvalue weighted by Gasteiger charge is 2.22. The summed E-state index contributed by atoms with van der Waals surface area (Å²) in [6.45, 7) is 3.38. The maximum absolute atomic E-state index is 12.6. The van der Waals surface area contributed by atoms with E-state index in [-0.39, 0.29) is 18.4 Å². The molecule has 25 heavy (non-hydrogen) atoms. The Hall–Kier alpha value is -2.82. The molecule has 1 heterocycles. The van der Waals surface area contributed by atoms with Crippen LogP contribution in [0.1, 0.15) is 28.8 Å². The number of aryl methyl sites for hydroxylation is 1. The Morgan fingerprint density at radius 3 is 2.48 bits per heavy atom. The van der Waals surface area contributed by atoms with Gasteiger partial charge in [0.05, 0.1) is 11.3 Å². The summed E-state index contributed by atoms with van der Waals surface area (Å²) >= 11 is 0. The molecule has 5 heteroatoms. The smallest absolute Gasteiger partial charge is 0.262 e. The molecule has 5 nitrogen and oxygen atoms in total. The molecule has 0 unspecified atom stereocenters. The molecular weight excluding hydrogens is 316 g/mol. The molecular formula is C20H22N2O3. The van der Waals surface area contributed by atoms with E-state index in [9.17, 15) is 9.59 Å². The molecule has 3 rings (SSSR count). The number of likely N-dealkylation sites (tertiary alicyclic amines) is 1. The van der Waals surface area contributed by atoms with Crippen molar-refractivity contribution in [1.82, 2.24) is 4.90 Å². The first-order valence-electron chi connectivity index (χ1n) is 8.52. The molecule has 0 saturated carbocycles. The summed E-state index contributed by atoms with van der Waals surface area (Å²) in [6.07, 6.45) is 2.06. The largest absolute Gasteiger partial charge is 0.483 e. The van der Waals surface area contributed by atoms with Gasteiger partial charge in [-0.3, -0.25) is 9.59 Å². The zero-order valence-electron chi connectivity index (χ0n) is 14.3. The van der Waals surface area contributed by atoms with Crippen LogP contribution in [0.4, 0.5) is 5.69 Å². The second-order valence-electron chi connectivity index (χ2n) is 6.15. The fourth-order valence-corrected chi connectivity index (χ4v) is 2.92. The van der Waals surface area contributed by atoms with Gasteiger partial charge in [0.2, 0.25) is 0 Å². The van der Waals surface area contributed by atoms with Crippen molar-refractivity contribution in [1.29, 1.82) is 0 Å². The molecule has 1 N–H and O–H groups in total. The molecule has 1 saturated heterocycles. The van der Waals surface area contributed by atoms with Crippen LogP contribution < -0.4 is 10.1 Å². The van der Waals surface area contributed by atoms with E-state index >= 15 is 0 Å². The van der Waals surface area contributed by atoms with E-state index < -0.39 is 0 Å².